The molecule has 9 nitrogen and oxygen atoms in total. The van der Waals surface area contributed by atoms with E-state index in [0.717, 1.165) is 12.3 Å². The standard InChI is InChI=1S/C24H29BF3N3O6/c1-14(32)34-16-8-10-31(11-9-16)20-17(12-15(13-29-20)24(26,27)28)30-21(33)18-6-7-19(35-18)25-36-22(2,3)23(4,5)37-25/h6-7,12-13,16H,8-11H2,1-5H3,(H,30,33). The van der Waals surface area contributed by atoms with Crippen LogP contribution in [-0.2, 0) is 25.0 Å². The first kappa shape index (κ1) is 27.0. The van der Waals surface area contributed by atoms with E-state index in [4.69, 9.17) is 18.5 Å². The number of aromatic nitrogens is 1. The van der Waals surface area contributed by atoms with E-state index >= 15 is 0 Å². The van der Waals surface area contributed by atoms with Gasteiger partial charge < -0.3 is 28.7 Å². The molecule has 2 aliphatic rings. The lowest BCUT2D eigenvalue weighted by Crippen LogP contribution is -2.41. The Labute approximate surface area is 212 Å². The first-order valence-corrected chi connectivity index (χ1v) is 11.9. The number of alkyl halides is 3. The molecule has 0 unspecified atom stereocenters. The Morgan fingerprint density at radius 1 is 1.14 bits per heavy atom. The molecule has 2 saturated heterocycles. The Bertz CT molecular complexity index is 1160. The molecule has 0 atom stereocenters. The first-order chi connectivity index (χ1) is 17.2. The maximum atomic E-state index is 13.4. The molecule has 4 heterocycles. The number of carbonyl (C=O) groups excluding carboxylic acids is 2. The summed E-state index contributed by atoms with van der Waals surface area (Å²) >= 11 is 0. The van der Waals surface area contributed by atoms with E-state index in [9.17, 15) is 22.8 Å². The summed E-state index contributed by atoms with van der Waals surface area (Å²) in [7, 11) is -0.837. The molecule has 0 radical (unpaired) electrons. The van der Waals surface area contributed by atoms with Crippen LogP contribution in [-0.4, -0.2) is 54.4 Å². The molecule has 0 aliphatic carbocycles. The minimum absolute atomic E-state index is 0.112. The van der Waals surface area contributed by atoms with Crippen LogP contribution in [0.15, 0.2) is 28.8 Å². The van der Waals surface area contributed by atoms with Crippen molar-refractivity contribution in [1.29, 1.82) is 0 Å². The highest BCUT2D eigenvalue weighted by molar-refractivity contribution is 6.60. The van der Waals surface area contributed by atoms with E-state index in [-0.39, 0.29) is 29.0 Å². The van der Waals surface area contributed by atoms with E-state index < -0.39 is 41.9 Å². The van der Waals surface area contributed by atoms with Crippen LogP contribution in [0.25, 0.3) is 0 Å². The number of carbonyl (C=O) groups is 2. The topological polar surface area (TPSA) is 103 Å². The van der Waals surface area contributed by atoms with Gasteiger partial charge in [0, 0.05) is 39.1 Å². The van der Waals surface area contributed by atoms with E-state index in [0.29, 0.717) is 25.9 Å². The Kier molecular flexibility index (Phi) is 7.06. The zero-order valence-electron chi connectivity index (χ0n) is 21.3. The summed E-state index contributed by atoms with van der Waals surface area (Å²) in [6.07, 6.45) is -3.25. The van der Waals surface area contributed by atoms with Gasteiger partial charge in [-0.25, -0.2) is 4.98 Å². The summed E-state index contributed by atoms with van der Waals surface area (Å²) < 4.78 is 63.0. The van der Waals surface area contributed by atoms with Crippen molar-refractivity contribution in [2.45, 2.75) is 70.9 Å². The maximum absolute atomic E-state index is 13.4. The third-order valence-electron chi connectivity index (χ3n) is 6.85. The first-order valence-electron chi connectivity index (χ1n) is 11.9. The highest BCUT2D eigenvalue weighted by Crippen LogP contribution is 2.37. The fourth-order valence-electron chi connectivity index (χ4n) is 4.12. The van der Waals surface area contributed by atoms with Crippen LogP contribution in [0.1, 0.15) is 63.6 Å². The van der Waals surface area contributed by atoms with Gasteiger partial charge in [-0.15, -0.1) is 0 Å². The lowest BCUT2D eigenvalue weighted by molar-refractivity contribution is -0.147. The third-order valence-corrected chi connectivity index (χ3v) is 6.85. The number of esters is 1. The molecular weight excluding hydrogens is 494 g/mol. The number of piperidine rings is 1. The second-order valence-electron chi connectivity index (χ2n) is 10.1. The number of amides is 1. The molecule has 200 valence electrons. The van der Waals surface area contributed by atoms with Gasteiger partial charge in [0.1, 0.15) is 11.8 Å². The molecule has 0 saturated carbocycles. The monoisotopic (exact) mass is 523 g/mol. The molecule has 13 heteroatoms. The fourth-order valence-corrected chi connectivity index (χ4v) is 4.12. The van der Waals surface area contributed by atoms with Crippen molar-refractivity contribution in [3.63, 3.8) is 0 Å². The molecule has 1 amide bonds. The molecule has 2 fully saturated rings. The Morgan fingerprint density at radius 3 is 2.32 bits per heavy atom. The summed E-state index contributed by atoms with van der Waals surface area (Å²) in [5.41, 5.74) is -2.08. The second-order valence-corrected chi connectivity index (χ2v) is 10.1. The van der Waals surface area contributed by atoms with Crippen LogP contribution >= 0.6 is 0 Å². The van der Waals surface area contributed by atoms with Gasteiger partial charge in [0.15, 0.2) is 11.6 Å². The summed E-state index contributed by atoms with van der Waals surface area (Å²) in [6, 6.07) is 3.78. The second kappa shape index (κ2) is 9.68. The molecule has 1 N–H and O–H groups in total. The lowest BCUT2D eigenvalue weighted by Gasteiger charge is -2.33. The SMILES string of the molecule is CC(=O)OC1CCN(c2ncc(C(F)(F)F)cc2NC(=O)c2ccc(B3OC(C)(C)C(C)(C)O3)o2)CC1. The van der Waals surface area contributed by atoms with Gasteiger partial charge >= 0.3 is 19.3 Å². The van der Waals surface area contributed by atoms with Gasteiger partial charge in [-0.05, 0) is 45.9 Å². The zero-order chi connectivity index (χ0) is 27.2. The number of hydrogen-bond acceptors (Lipinski definition) is 8. The molecule has 37 heavy (non-hydrogen) atoms. The number of ether oxygens (including phenoxy) is 1. The van der Waals surface area contributed by atoms with Crippen molar-refractivity contribution in [2.24, 2.45) is 0 Å². The van der Waals surface area contributed by atoms with Crippen LogP contribution < -0.4 is 15.9 Å². The van der Waals surface area contributed by atoms with Crippen LogP contribution in [0.4, 0.5) is 24.7 Å². The Balaban J connectivity index is 1.54. The molecule has 2 aromatic heterocycles. The van der Waals surface area contributed by atoms with Crippen molar-refractivity contribution in [1.82, 2.24) is 4.98 Å². The fraction of sp³-hybridized carbons (Fsp3) is 0.542. The number of hydrogen-bond donors (Lipinski definition) is 1. The highest BCUT2D eigenvalue weighted by Gasteiger charge is 2.53. The predicted molar refractivity (Wildman–Crippen MR) is 129 cm³/mol. The Hall–Kier alpha value is -3.06. The molecule has 2 aromatic rings. The van der Waals surface area contributed by atoms with Crippen molar-refractivity contribution < 1.29 is 41.2 Å². The van der Waals surface area contributed by atoms with Gasteiger partial charge in [-0.1, -0.05) is 0 Å². The highest BCUT2D eigenvalue weighted by atomic mass is 19.4. The van der Waals surface area contributed by atoms with Crippen LogP contribution in [0, 0.1) is 0 Å². The zero-order valence-corrected chi connectivity index (χ0v) is 21.3. The van der Waals surface area contributed by atoms with Crippen molar-refractivity contribution >= 4 is 36.2 Å². The lowest BCUT2D eigenvalue weighted by atomic mass is 9.86. The molecule has 0 spiro atoms. The third kappa shape index (κ3) is 5.77. The van der Waals surface area contributed by atoms with Crippen molar-refractivity contribution in [3.05, 3.63) is 35.7 Å². The smallest absolute Gasteiger partial charge is 0.462 e. The molecular formula is C24H29BF3N3O6. The van der Waals surface area contributed by atoms with Gasteiger partial charge in [0.25, 0.3) is 5.91 Å². The number of nitrogens with zero attached hydrogens (tertiary/aromatic N) is 2. The summed E-state index contributed by atoms with van der Waals surface area (Å²) in [6.45, 7) is 9.59. The normalized spacial score (nSPS) is 19.7. The molecule has 4 rings (SSSR count). The van der Waals surface area contributed by atoms with Gasteiger partial charge in [0.05, 0.1) is 22.5 Å². The van der Waals surface area contributed by atoms with Crippen molar-refractivity contribution in [3.8, 4) is 0 Å². The molecule has 2 aliphatic heterocycles. The van der Waals surface area contributed by atoms with E-state index in [1.807, 2.05) is 27.7 Å². The van der Waals surface area contributed by atoms with Crippen LogP contribution in [0.5, 0.6) is 0 Å². The van der Waals surface area contributed by atoms with E-state index in [2.05, 4.69) is 10.3 Å². The molecule has 0 bridgehead atoms. The number of halogens is 3. The van der Waals surface area contributed by atoms with Gasteiger partial charge in [-0.3, -0.25) is 9.59 Å². The van der Waals surface area contributed by atoms with Crippen LogP contribution in [0.2, 0.25) is 0 Å². The largest absolute Gasteiger partial charge is 0.532 e. The van der Waals surface area contributed by atoms with Crippen LogP contribution in [0.3, 0.4) is 0 Å². The molecule has 0 aromatic carbocycles. The minimum Gasteiger partial charge on any atom is -0.462 e. The number of anilines is 2. The van der Waals surface area contributed by atoms with Gasteiger partial charge in [-0.2, -0.15) is 13.2 Å². The quantitative estimate of drug-likeness (QED) is 0.467. The predicted octanol–water partition coefficient (Wildman–Crippen LogP) is 3.78. The van der Waals surface area contributed by atoms with Gasteiger partial charge in [0.2, 0.25) is 0 Å². The minimum atomic E-state index is -4.65. The average Bonchev–Trinajstić information content (AvgIpc) is 3.36. The summed E-state index contributed by atoms with van der Waals surface area (Å²) in [5.74, 6) is -1.08. The Morgan fingerprint density at radius 2 is 1.76 bits per heavy atom. The average molecular weight is 523 g/mol. The number of furan rings is 1. The van der Waals surface area contributed by atoms with Crippen molar-refractivity contribution in [2.75, 3.05) is 23.3 Å². The van der Waals surface area contributed by atoms with E-state index in [1.54, 1.807) is 4.90 Å². The van der Waals surface area contributed by atoms with E-state index in [1.165, 1.54) is 19.1 Å². The number of pyridine rings is 1. The number of nitrogens with one attached hydrogen (secondary N) is 1. The maximum Gasteiger partial charge on any atom is 0.532 e. The number of rotatable bonds is 5. The summed E-state index contributed by atoms with van der Waals surface area (Å²) in [4.78, 5) is 30.0. The summed E-state index contributed by atoms with van der Waals surface area (Å²) in [5, 5.41) is 2.51.